The van der Waals surface area contributed by atoms with Crippen LogP contribution in [0.1, 0.15) is 32.1 Å². The monoisotopic (exact) mass is 227 g/mol. The van der Waals surface area contributed by atoms with Gasteiger partial charge in [0.05, 0.1) is 6.61 Å². The molecule has 2 fully saturated rings. The number of aliphatic carboxylic acids is 1. The number of morpholine rings is 1. The summed E-state index contributed by atoms with van der Waals surface area (Å²) in [6, 6.07) is 0. The molecule has 92 valence electrons. The Morgan fingerprint density at radius 3 is 2.75 bits per heavy atom. The maximum absolute atomic E-state index is 10.8. The van der Waals surface area contributed by atoms with E-state index in [1.54, 1.807) is 0 Å². The van der Waals surface area contributed by atoms with E-state index >= 15 is 0 Å². The Morgan fingerprint density at radius 2 is 2.06 bits per heavy atom. The highest BCUT2D eigenvalue weighted by atomic mass is 16.5. The van der Waals surface area contributed by atoms with Crippen LogP contribution in [0.2, 0.25) is 0 Å². The van der Waals surface area contributed by atoms with E-state index in [0.717, 1.165) is 19.0 Å². The Labute approximate surface area is 96.6 Å². The molecule has 1 saturated heterocycles. The van der Waals surface area contributed by atoms with Gasteiger partial charge in [0.2, 0.25) is 0 Å². The van der Waals surface area contributed by atoms with Crippen molar-refractivity contribution in [2.24, 2.45) is 5.92 Å². The van der Waals surface area contributed by atoms with Gasteiger partial charge in [-0.15, -0.1) is 0 Å². The zero-order valence-electron chi connectivity index (χ0n) is 9.73. The third-order valence-corrected chi connectivity index (χ3v) is 3.67. The Balaban J connectivity index is 1.78. The molecule has 2 rings (SSSR count). The number of hydrogen-bond donors (Lipinski definition) is 1. The van der Waals surface area contributed by atoms with Crippen LogP contribution in [0.15, 0.2) is 0 Å². The average Bonchev–Trinajstić information content (AvgIpc) is 2.30. The highest BCUT2D eigenvalue weighted by molar-refractivity contribution is 5.72. The van der Waals surface area contributed by atoms with E-state index in [-0.39, 0.29) is 0 Å². The minimum absolute atomic E-state index is 0.559. The first kappa shape index (κ1) is 11.9. The zero-order valence-corrected chi connectivity index (χ0v) is 9.73. The van der Waals surface area contributed by atoms with E-state index in [9.17, 15) is 4.79 Å². The molecule has 1 atom stereocenters. The number of carbonyl (C=O) groups is 1. The number of rotatable bonds is 3. The van der Waals surface area contributed by atoms with Crippen LogP contribution in [0.25, 0.3) is 0 Å². The molecule has 1 N–H and O–H groups in total. The molecule has 0 amide bonds. The van der Waals surface area contributed by atoms with Crippen LogP contribution < -0.4 is 0 Å². The zero-order chi connectivity index (χ0) is 11.4. The van der Waals surface area contributed by atoms with E-state index in [0.29, 0.717) is 13.2 Å². The molecule has 1 unspecified atom stereocenters. The Hall–Kier alpha value is -0.610. The lowest BCUT2D eigenvalue weighted by Crippen LogP contribution is -2.47. The molecule has 4 heteroatoms. The van der Waals surface area contributed by atoms with Crippen LogP contribution >= 0.6 is 0 Å². The number of hydrogen-bond acceptors (Lipinski definition) is 3. The second-order valence-electron chi connectivity index (χ2n) is 4.96. The Kier molecular flexibility index (Phi) is 4.18. The molecule has 0 aromatic rings. The highest BCUT2D eigenvalue weighted by Gasteiger charge is 2.27. The first-order chi connectivity index (χ1) is 7.75. The summed E-state index contributed by atoms with van der Waals surface area (Å²) >= 11 is 0. The van der Waals surface area contributed by atoms with Gasteiger partial charge >= 0.3 is 5.97 Å². The molecule has 1 aliphatic carbocycles. The molecule has 0 aromatic heterocycles. The fraction of sp³-hybridized carbons (Fsp3) is 0.917. The third-order valence-electron chi connectivity index (χ3n) is 3.67. The number of nitrogens with zero attached hydrogens (tertiary/aromatic N) is 1. The molecule has 0 radical (unpaired) electrons. The van der Waals surface area contributed by atoms with E-state index in [1.807, 2.05) is 0 Å². The van der Waals surface area contributed by atoms with Crippen LogP contribution in [0.3, 0.4) is 0 Å². The van der Waals surface area contributed by atoms with Crippen molar-refractivity contribution in [2.45, 2.75) is 38.2 Å². The van der Waals surface area contributed by atoms with Crippen molar-refractivity contribution in [3.8, 4) is 0 Å². The smallest absolute Gasteiger partial charge is 0.334 e. The van der Waals surface area contributed by atoms with Crippen LogP contribution in [0.5, 0.6) is 0 Å². The lowest BCUT2D eigenvalue weighted by Gasteiger charge is -2.34. The molecule has 1 heterocycles. The van der Waals surface area contributed by atoms with Gasteiger partial charge in [0.15, 0.2) is 6.10 Å². The van der Waals surface area contributed by atoms with Crippen molar-refractivity contribution in [1.82, 2.24) is 4.90 Å². The predicted molar refractivity (Wildman–Crippen MR) is 60.4 cm³/mol. The van der Waals surface area contributed by atoms with E-state index in [4.69, 9.17) is 9.84 Å². The molecule has 0 aromatic carbocycles. The summed E-state index contributed by atoms with van der Waals surface area (Å²) in [6.45, 7) is 3.07. The minimum atomic E-state index is -0.826. The van der Waals surface area contributed by atoms with Crippen LogP contribution in [-0.2, 0) is 9.53 Å². The molecule has 2 aliphatic rings. The fourth-order valence-corrected chi connectivity index (χ4v) is 2.75. The molecule has 0 spiro atoms. The number of carboxylic acid groups (broad SMARTS) is 1. The van der Waals surface area contributed by atoms with Gasteiger partial charge < -0.3 is 9.84 Å². The van der Waals surface area contributed by atoms with Crippen molar-refractivity contribution in [1.29, 1.82) is 0 Å². The molecule has 1 aliphatic heterocycles. The largest absolute Gasteiger partial charge is 0.479 e. The first-order valence-electron chi connectivity index (χ1n) is 6.32. The lowest BCUT2D eigenvalue weighted by atomic mass is 9.89. The lowest BCUT2D eigenvalue weighted by molar-refractivity contribution is -0.156. The van der Waals surface area contributed by atoms with Gasteiger partial charge in [-0.1, -0.05) is 19.3 Å². The normalized spacial score (nSPS) is 29.1. The summed E-state index contributed by atoms with van der Waals surface area (Å²) in [5, 5.41) is 8.91. The predicted octanol–water partition coefficient (Wildman–Crippen LogP) is 1.35. The van der Waals surface area contributed by atoms with Crippen LogP contribution in [0.4, 0.5) is 0 Å². The number of carboxylic acids is 1. The third kappa shape index (κ3) is 3.19. The fourth-order valence-electron chi connectivity index (χ4n) is 2.75. The van der Waals surface area contributed by atoms with Gasteiger partial charge in [0, 0.05) is 19.6 Å². The molecule has 16 heavy (non-hydrogen) atoms. The molecule has 4 nitrogen and oxygen atoms in total. The maximum Gasteiger partial charge on any atom is 0.334 e. The van der Waals surface area contributed by atoms with Crippen molar-refractivity contribution < 1.29 is 14.6 Å². The molecular weight excluding hydrogens is 206 g/mol. The van der Waals surface area contributed by atoms with Crippen molar-refractivity contribution >= 4 is 5.97 Å². The van der Waals surface area contributed by atoms with Crippen LogP contribution in [0, 0.1) is 5.92 Å². The molecule has 0 bridgehead atoms. The summed E-state index contributed by atoms with van der Waals surface area (Å²) in [5.74, 6) is -0.0466. The van der Waals surface area contributed by atoms with Crippen molar-refractivity contribution in [3.05, 3.63) is 0 Å². The molecular formula is C12H21NO3. The van der Waals surface area contributed by atoms with Crippen molar-refractivity contribution in [3.63, 3.8) is 0 Å². The second kappa shape index (κ2) is 5.64. The van der Waals surface area contributed by atoms with E-state index < -0.39 is 12.1 Å². The average molecular weight is 227 g/mol. The van der Waals surface area contributed by atoms with Crippen LogP contribution in [-0.4, -0.2) is 48.3 Å². The summed E-state index contributed by atoms with van der Waals surface area (Å²) < 4.78 is 5.22. The second-order valence-corrected chi connectivity index (χ2v) is 4.96. The standard InChI is InChI=1S/C12H21NO3/c14-12(15)11-9-13(6-7-16-11)8-10-4-2-1-3-5-10/h10-11H,1-9H2,(H,14,15). The summed E-state index contributed by atoms with van der Waals surface area (Å²) in [6.07, 6.45) is 6.08. The maximum atomic E-state index is 10.8. The highest BCUT2D eigenvalue weighted by Crippen LogP contribution is 2.24. The number of ether oxygens (including phenoxy) is 1. The minimum Gasteiger partial charge on any atom is -0.479 e. The van der Waals surface area contributed by atoms with Gasteiger partial charge in [0.25, 0.3) is 0 Å². The Bertz CT molecular complexity index is 238. The topological polar surface area (TPSA) is 49.8 Å². The first-order valence-corrected chi connectivity index (χ1v) is 6.32. The van der Waals surface area contributed by atoms with Gasteiger partial charge in [-0.2, -0.15) is 0 Å². The SMILES string of the molecule is O=C(O)C1CN(CC2CCCCC2)CCO1. The summed E-state index contributed by atoms with van der Waals surface area (Å²) in [4.78, 5) is 13.1. The Morgan fingerprint density at radius 1 is 1.31 bits per heavy atom. The van der Waals surface area contributed by atoms with E-state index in [2.05, 4.69) is 4.90 Å². The van der Waals surface area contributed by atoms with Crippen molar-refractivity contribution in [2.75, 3.05) is 26.2 Å². The van der Waals surface area contributed by atoms with Gasteiger partial charge in [-0.3, -0.25) is 4.90 Å². The van der Waals surface area contributed by atoms with Gasteiger partial charge in [0.1, 0.15) is 0 Å². The molecule has 1 saturated carbocycles. The van der Waals surface area contributed by atoms with Gasteiger partial charge in [-0.05, 0) is 18.8 Å². The van der Waals surface area contributed by atoms with E-state index in [1.165, 1.54) is 32.1 Å². The quantitative estimate of drug-likeness (QED) is 0.790. The summed E-state index contributed by atoms with van der Waals surface area (Å²) in [5.41, 5.74) is 0. The van der Waals surface area contributed by atoms with Gasteiger partial charge in [-0.25, -0.2) is 4.79 Å². The summed E-state index contributed by atoms with van der Waals surface area (Å²) in [7, 11) is 0.